The minimum Gasteiger partial charge on any atom is -0.325 e. The van der Waals surface area contributed by atoms with Crippen molar-refractivity contribution in [1.29, 1.82) is 0 Å². The summed E-state index contributed by atoms with van der Waals surface area (Å²) in [5.74, 6) is 0.874. The van der Waals surface area contributed by atoms with Gasteiger partial charge in [0, 0.05) is 17.9 Å². The van der Waals surface area contributed by atoms with Crippen molar-refractivity contribution in [1.82, 2.24) is 0 Å². The number of fused-ring (bicyclic) bond motifs is 2. The third kappa shape index (κ3) is 1.38. The Labute approximate surface area is 85.0 Å². The van der Waals surface area contributed by atoms with E-state index in [1.165, 1.54) is 25.1 Å². The lowest BCUT2D eigenvalue weighted by atomic mass is 10.1. The highest BCUT2D eigenvalue weighted by atomic mass is 15.2. The fourth-order valence-electron chi connectivity index (χ4n) is 2.78. The molecule has 0 aromatic heterocycles. The molecule has 2 bridgehead atoms. The standard InChI is InChI=1S/C13H15N/c1-2-4-11(5-3-1)9-14-10-12-6-7-13(14)8-12/h1-7,12-13H,8-10H2/p+1/t12-,13+/m1/s1. The summed E-state index contributed by atoms with van der Waals surface area (Å²) in [5.41, 5.74) is 1.48. The summed E-state index contributed by atoms with van der Waals surface area (Å²) in [7, 11) is 0. The molecule has 1 aromatic carbocycles. The van der Waals surface area contributed by atoms with Crippen LogP contribution in [0.1, 0.15) is 12.0 Å². The van der Waals surface area contributed by atoms with Gasteiger partial charge in [0.1, 0.15) is 12.6 Å². The van der Waals surface area contributed by atoms with E-state index in [-0.39, 0.29) is 0 Å². The molecule has 14 heavy (non-hydrogen) atoms. The van der Waals surface area contributed by atoms with E-state index in [2.05, 4.69) is 42.5 Å². The molecule has 1 aromatic rings. The van der Waals surface area contributed by atoms with E-state index in [1.807, 2.05) is 0 Å². The highest BCUT2D eigenvalue weighted by molar-refractivity contribution is 5.14. The van der Waals surface area contributed by atoms with Gasteiger partial charge in [0.05, 0.1) is 6.54 Å². The monoisotopic (exact) mass is 186 g/mol. The maximum atomic E-state index is 2.41. The van der Waals surface area contributed by atoms with Crippen molar-refractivity contribution in [3.8, 4) is 0 Å². The number of likely N-dealkylation sites (tertiary alicyclic amines) is 1. The van der Waals surface area contributed by atoms with Gasteiger partial charge in [-0.1, -0.05) is 36.4 Å². The number of benzene rings is 1. The van der Waals surface area contributed by atoms with Crippen LogP contribution in [0.3, 0.4) is 0 Å². The maximum absolute atomic E-state index is 2.41. The Kier molecular flexibility index (Phi) is 1.91. The van der Waals surface area contributed by atoms with Crippen LogP contribution in [0.4, 0.5) is 0 Å². The summed E-state index contributed by atoms with van der Waals surface area (Å²) in [6.45, 7) is 2.54. The molecule has 0 amide bonds. The Balaban J connectivity index is 1.72. The lowest BCUT2D eigenvalue weighted by molar-refractivity contribution is -0.921. The Morgan fingerprint density at radius 3 is 2.64 bits per heavy atom. The summed E-state index contributed by atoms with van der Waals surface area (Å²) < 4.78 is 0. The number of rotatable bonds is 2. The Hall–Kier alpha value is -1.08. The molecule has 2 aliphatic rings. The molecule has 3 rings (SSSR count). The minimum absolute atomic E-state index is 0.806. The quantitative estimate of drug-likeness (QED) is 0.658. The van der Waals surface area contributed by atoms with Crippen LogP contribution in [-0.4, -0.2) is 12.6 Å². The van der Waals surface area contributed by atoms with Crippen LogP contribution in [0, 0.1) is 5.92 Å². The van der Waals surface area contributed by atoms with Gasteiger partial charge in [-0.05, 0) is 6.08 Å². The highest BCUT2D eigenvalue weighted by Crippen LogP contribution is 2.20. The summed E-state index contributed by atoms with van der Waals surface area (Å²) in [4.78, 5) is 1.75. The Bertz CT molecular complexity index is 342. The zero-order chi connectivity index (χ0) is 9.38. The molecule has 1 aliphatic heterocycles. The van der Waals surface area contributed by atoms with Gasteiger partial charge in [-0.2, -0.15) is 0 Å². The van der Waals surface area contributed by atoms with Crippen LogP contribution in [0.2, 0.25) is 0 Å². The molecule has 1 heteroatoms. The zero-order valence-corrected chi connectivity index (χ0v) is 8.32. The van der Waals surface area contributed by atoms with Gasteiger partial charge in [-0.15, -0.1) is 0 Å². The third-order valence-corrected chi connectivity index (χ3v) is 3.50. The second-order valence-corrected chi connectivity index (χ2v) is 4.51. The number of hydrogen-bond acceptors (Lipinski definition) is 0. The van der Waals surface area contributed by atoms with Crippen molar-refractivity contribution in [3.05, 3.63) is 48.0 Å². The van der Waals surface area contributed by atoms with Gasteiger partial charge in [0.15, 0.2) is 0 Å². The predicted octanol–water partition coefficient (Wildman–Crippen LogP) is 1.03. The molecule has 3 atom stereocenters. The minimum atomic E-state index is 0.806. The van der Waals surface area contributed by atoms with E-state index in [9.17, 15) is 0 Å². The number of hydrogen-bond donors (Lipinski definition) is 1. The van der Waals surface area contributed by atoms with Gasteiger partial charge < -0.3 is 4.90 Å². The van der Waals surface area contributed by atoms with Crippen LogP contribution in [0.15, 0.2) is 42.5 Å². The smallest absolute Gasteiger partial charge is 0.107 e. The summed E-state index contributed by atoms with van der Waals surface area (Å²) in [6, 6.07) is 11.7. The fraction of sp³-hybridized carbons (Fsp3) is 0.385. The average molecular weight is 186 g/mol. The van der Waals surface area contributed by atoms with Crippen molar-refractivity contribution in [2.24, 2.45) is 5.92 Å². The molecule has 0 spiro atoms. The first-order chi connectivity index (χ1) is 6.92. The van der Waals surface area contributed by atoms with Crippen LogP contribution in [-0.2, 0) is 6.54 Å². The molecule has 1 unspecified atom stereocenters. The van der Waals surface area contributed by atoms with Crippen molar-refractivity contribution in [3.63, 3.8) is 0 Å². The van der Waals surface area contributed by atoms with Gasteiger partial charge in [0.2, 0.25) is 0 Å². The normalized spacial score (nSPS) is 33.9. The van der Waals surface area contributed by atoms with E-state index < -0.39 is 0 Å². The lowest BCUT2D eigenvalue weighted by Crippen LogP contribution is -3.12. The van der Waals surface area contributed by atoms with Crippen molar-refractivity contribution in [2.45, 2.75) is 19.0 Å². The molecule has 1 fully saturated rings. The molecule has 1 heterocycles. The first-order valence-electron chi connectivity index (χ1n) is 5.48. The third-order valence-electron chi connectivity index (χ3n) is 3.50. The SMILES string of the molecule is C1=C[C@H]2C[C@@H]1C[NH+]2Cc1ccccc1. The van der Waals surface area contributed by atoms with Gasteiger partial charge in [-0.3, -0.25) is 0 Å². The van der Waals surface area contributed by atoms with Crippen molar-refractivity contribution < 1.29 is 4.90 Å². The topological polar surface area (TPSA) is 4.44 Å². The van der Waals surface area contributed by atoms with Gasteiger partial charge >= 0.3 is 0 Å². The summed E-state index contributed by atoms with van der Waals surface area (Å²) >= 11 is 0. The molecule has 0 radical (unpaired) electrons. The van der Waals surface area contributed by atoms with E-state index in [0.29, 0.717) is 0 Å². The second-order valence-electron chi connectivity index (χ2n) is 4.51. The molecule has 1 N–H and O–H groups in total. The van der Waals surface area contributed by atoms with Crippen LogP contribution in [0.25, 0.3) is 0 Å². The predicted molar refractivity (Wildman–Crippen MR) is 57.0 cm³/mol. The number of quaternary nitrogens is 1. The Morgan fingerprint density at radius 2 is 2.00 bits per heavy atom. The van der Waals surface area contributed by atoms with Crippen LogP contribution >= 0.6 is 0 Å². The van der Waals surface area contributed by atoms with E-state index in [0.717, 1.165) is 12.0 Å². The largest absolute Gasteiger partial charge is 0.325 e. The van der Waals surface area contributed by atoms with Crippen LogP contribution in [0.5, 0.6) is 0 Å². The first-order valence-corrected chi connectivity index (χ1v) is 5.48. The van der Waals surface area contributed by atoms with Gasteiger partial charge in [-0.25, -0.2) is 0 Å². The van der Waals surface area contributed by atoms with E-state index in [4.69, 9.17) is 0 Å². The molecule has 1 aliphatic carbocycles. The average Bonchev–Trinajstić information content (AvgIpc) is 2.81. The van der Waals surface area contributed by atoms with E-state index >= 15 is 0 Å². The highest BCUT2D eigenvalue weighted by Gasteiger charge is 2.37. The molecule has 0 saturated carbocycles. The summed E-state index contributed by atoms with van der Waals surface area (Å²) in [6.07, 6.45) is 6.20. The Morgan fingerprint density at radius 1 is 1.14 bits per heavy atom. The molecular weight excluding hydrogens is 170 g/mol. The van der Waals surface area contributed by atoms with E-state index in [1.54, 1.807) is 4.90 Å². The molecule has 1 nitrogen and oxygen atoms in total. The van der Waals surface area contributed by atoms with Crippen molar-refractivity contribution in [2.75, 3.05) is 6.54 Å². The van der Waals surface area contributed by atoms with Gasteiger partial charge in [0.25, 0.3) is 0 Å². The lowest BCUT2D eigenvalue weighted by Gasteiger charge is -2.20. The summed E-state index contributed by atoms with van der Waals surface area (Å²) in [5, 5.41) is 0. The van der Waals surface area contributed by atoms with Crippen molar-refractivity contribution >= 4 is 0 Å². The first kappa shape index (κ1) is 8.25. The van der Waals surface area contributed by atoms with Crippen LogP contribution < -0.4 is 4.90 Å². The maximum Gasteiger partial charge on any atom is 0.107 e. The second kappa shape index (κ2) is 3.25. The molecular formula is C13H16N+. The zero-order valence-electron chi connectivity index (χ0n) is 8.32. The number of nitrogens with one attached hydrogen (secondary N) is 1. The molecule has 72 valence electrons. The fourth-order valence-corrected chi connectivity index (χ4v) is 2.78. The molecule has 1 saturated heterocycles.